The fourth-order valence-electron chi connectivity index (χ4n) is 3.60. The highest BCUT2D eigenvalue weighted by Gasteiger charge is 2.10. The molecule has 0 aliphatic heterocycles. The third-order valence-electron chi connectivity index (χ3n) is 5.33. The van der Waals surface area contributed by atoms with Crippen LogP contribution in [0.25, 0.3) is 33.8 Å². The van der Waals surface area contributed by atoms with Gasteiger partial charge in [0.25, 0.3) is 0 Å². The molecule has 33 heavy (non-hydrogen) atoms. The van der Waals surface area contributed by atoms with Gasteiger partial charge < -0.3 is 4.74 Å². The molecule has 160 valence electrons. The lowest BCUT2D eigenvalue weighted by atomic mass is 10.0. The molecule has 0 aliphatic rings. The molecule has 0 unspecified atom stereocenters. The van der Waals surface area contributed by atoms with Crippen LogP contribution in [0.2, 0.25) is 5.02 Å². The molecule has 0 N–H and O–H groups in total. The summed E-state index contributed by atoms with van der Waals surface area (Å²) >= 11 is 6.09. The monoisotopic (exact) mass is 448 g/mol. The van der Waals surface area contributed by atoms with Crippen LogP contribution >= 0.6 is 11.6 Å². The van der Waals surface area contributed by atoms with E-state index in [4.69, 9.17) is 21.3 Å². The van der Waals surface area contributed by atoms with Crippen LogP contribution in [0, 0.1) is 0 Å². The van der Waals surface area contributed by atoms with Crippen molar-refractivity contribution in [2.75, 3.05) is 0 Å². The molecule has 0 saturated heterocycles. The Kier molecular flexibility index (Phi) is 6.14. The second-order valence-corrected chi connectivity index (χ2v) is 8.08. The van der Waals surface area contributed by atoms with Crippen LogP contribution in [0.15, 0.2) is 115 Å². The number of nitrogens with zero attached hydrogens (tertiary/aromatic N) is 2. The zero-order chi connectivity index (χ0) is 22.5. The summed E-state index contributed by atoms with van der Waals surface area (Å²) in [5.41, 5.74) is 6.81. The number of halogens is 1. The Morgan fingerprint density at radius 2 is 1.30 bits per heavy atom. The first kappa shape index (κ1) is 20.9. The highest BCUT2D eigenvalue weighted by Crippen LogP contribution is 2.31. The maximum absolute atomic E-state index is 6.09. The molecule has 0 spiro atoms. The first-order valence-electron chi connectivity index (χ1n) is 10.7. The maximum Gasteiger partial charge on any atom is 0.119 e. The predicted molar refractivity (Wildman–Crippen MR) is 134 cm³/mol. The molecule has 0 aliphatic carbocycles. The number of aromatic nitrogens is 2. The normalized spacial score (nSPS) is 10.7. The van der Waals surface area contributed by atoms with Crippen LogP contribution < -0.4 is 4.74 Å². The van der Waals surface area contributed by atoms with Gasteiger partial charge in [-0.05, 0) is 65.2 Å². The average molecular weight is 449 g/mol. The highest BCUT2D eigenvalue weighted by atomic mass is 35.5. The van der Waals surface area contributed by atoms with Gasteiger partial charge in [0.1, 0.15) is 12.4 Å². The number of benzene rings is 3. The Labute approximate surface area is 198 Å². The van der Waals surface area contributed by atoms with Crippen molar-refractivity contribution in [2.24, 2.45) is 0 Å². The van der Waals surface area contributed by atoms with E-state index in [2.05, 4.69) is 41.4 Å². The molecule has 0 bridgehead atoms. The molecular weight excluding hydrogens is 428 g/mol. The molecule has 2 aromatic heterocycles. The van der Waals surface area contributed by atoms with E-state index in [1.54, 1.807) is 6.20 Å². The summed E-state index contributed by atoms with van der Waals surface area (Å²) < 4.78 is 5.95. The lowest BCUT2D eigenvalue weighted by Gasteiger charge is -2.11. The smallest absolute Gasteiger partial charge is 0.119 e. The minimum Gasteiger partial charge on any atom is -0.489 e. The standard InChI is InChI=1S/C29H21ClN2O/c30-25-13-9-23(10-14-25)28-18-24(19-29(32-28)27-8-4-5-17-31-27)22-11-15-26(16-12-22)33-20-21-6-2-1-3-7-21/h1-19H,20H2. The van der Waals surface area contributed by atoms with Crippen LogP contribution in [0.1, 0.15) is 5.56 Å². The summed E-state index contributed by atoms with van der Waals surface area (Å²) in [6.45, 7) is 0.542. The maximum atomic E-state index is 6.09. The van der Waals surface area contributed by atoms with Crippen LogP contribution in [-0.2, 0) is 6.61 Å². The van der Waals surface area contributed by atoms with Crippen molar-refractivity contribution < 1.29 is 4.74 Å². The van der Waals surface area contributed by atoms with Crippen molar-refractivity contribution in [1.82, 2.24) is 9.97 Å². The van der Waals surface area contributed by atoms with Crippen molar-refractivity contribution >= 4 is 11.6 Å². The zero-order valence-electron chi connectivity index (χ0n) is 17.9. The van der Waals surface area contributed by atoms with Crippen molar-refractivity contribution in [3.63, 3.8) is 0 Å². The first-order valence-corrected chi connectivity index (χ1v) is 11.1. The number of ether oxygens (including phenoxy) is 1. The third kappa shape index (κ3) is 5.11. The molecular formula is C29H21ClN2O. The van der Waals surface area contributed by atoms with Crippen LogP contribution in [0.4, 0.5) is 0 Å². The molecule has 0 radical (unpaired) electrons. The largest absolute Gasteiger partial charge is 0.489 e. The average Bonchev–Trinajstić information content (AvgIpc) is 2.89. The molecule has 0 amide bonds. The lowest BCUT2D eigenvalue weighted by molar-refractivity contribution is 0.306. The van der Waals surface area contributed by atoms with E-state index < -0.39 is 0 Å². The summed E-state index contributed by atoms with van der Waals surface area (Å²) in [7, 11) is 0. The van der Waals surface area contributed by atoms with Gasteiger partial charge >= 0.3 is 0 Å². The Morgan fingerprint density at radius 3 is 2.03 bits per heavy atom. The number of rotatable bonds is 6. The summed E-state index contributed by atoms with van der Waals surface area (Å²) in [6.07, 6.45) is 1.78. The minimum absolute atomic E-state index is 0.542. The first-order chi connectivity index (χ1) is 16.2. The fourth-order valence-corrected chi connectivity index (χ4v) is 3.72. The van der Waals surface area contributed by atoms with Gasteiger partial charge in [0.15, 0.2) is 0 Å². The van der Waals surface area contributed by atoms with Gasteiger partial charge in [0, 0.05) is 16.8 Å². The summed E-state index contributed by atoms with van der Waals surface area (Å²) in [5.74, 6) is 0.833. The minimum atomic E-state index is 0.542. The van der Waals surface area contributed by atoms with Crippen molar-refractivity contribution in [3.8, 4) is 39.5 Å². The molecule has 0 saturated carbocycles. The van der Waals surface area contributed by atoms with E-state index >= 15 is 0 Å². The molecule has 2 heterocycles. The Balaban J connectivity index is 1.47. The number of pyridine rings is 2. The highest BCUT2D eigenvalue weighted by molar-refractivity contribution is 6.30. The predicted octanol–water partition coefficient (Wildman–Crippen LogP) is 7.71. The van der Waals surface area contributed by atoms with Crippen LogP contribution in [0.5, 0.6) is 5.75 Å². The molecule has 5 rings (SSSR count). The third-order valence-corrected chi connectivity index (χ3v) is 5.58. The number of hydrogen-bond acceptors (Lipinski definition) is 3. The van der Waals surface area contributed by atoms with Gasteiger partial charge in [-0.15, -0.1) is 0 Å². The molecule has 3 nitrogen and oxygen atoms in total. The van der Waals surface area contributed by atoms with Gasteiger partial charge in [-0.2, -0.15) is 0 Å². The summed E-state index contributed by atoms with van der Waals surface area (Å²) in [5, 5.41) is 0.700. The Morgan fingerprint density at radius 1 is 0.606 bits per heavy atom. The number of hydrogen-bond donors (Lipinski definition) is 0. The quantitative estimate of drug-likeness (QED) is 0.267. The van der Waals surface area contributed by atoms with Crippen molar-refractivity contribution in [1.29, 1.82) is 0 Å². The van der Waals surface area contributed by atoms with Crippen molar-refractivity contribution in [2.45, 2.75) is 6.61 Å². The van der Waals surface area contributed by atoms with E-state index in [0.717, 1.165) is 45.1 Å². The molecule has 0 atom stereocenters. The van der Waals surface area contributed by atoms with E-state index in [0.29, 0.717) is 11.6 Å². The van der Waals surface area contributed by atoms with E-state index in [-0.39, 0.29) is 0 Å². The van der Waals surface area contributed by atoms with E-state index in [1.807, 2.05) is 72.8 Å². The second kappa shape index (κ2) is 9.68. The van der Waals surface area contributed by atoms with Crippen LogP contribution in [0.3, 0.4) is 0 Å². The van der Waals surface area contributed by atoms with E-state index in [9.17, 15) is 0 Å². The van der Waals surface area contributed by atoms with Crippen LogP contribution in [-0.4, -0.2) is 9.97 Å². The second-order valence-electron chi connectivity index (χ2n) is 7.65. The van der Waals surface area contributed by atoms with Gasteiger partial charge in [0.2, 0.25) is 0 Å². The van der Waals surface area contributed by atoms with Gasteiger partial charge in [-0.1, -0.05) is 72.3 Å². The fraction of sp³-hybridized carbons (Fsp3) is 0.0345. The Hall–Kier alpha value is -3.95. The summed E-state index contributed by atoms with van der Waals surface area (Å²) in [4.78, 5) is 9.38. The summed E-state index contributed by atoms with van der Waals surface area (Å²) in [6, 6.07) is 36.0. The van der Waals surface area contributed by atoms with E-state index in [1.165, 1.54) is 0 Å². The SMILES string of the molecule is Clc1ccc(-c2cc(-c3ccc(OCc4ccccc4)cc3)cc(-c3ccccn3)n2)cc1. The van der Waals surface area contributed by atoms with Gasteiger partial charge in [0.05, 0.1) is 17.1 Å². The van der Waals surface area contributed by atoms with Crippen molar-refractivity contribution in [3.05, 3.63) is 126 Å². The topological polar surface area (TPSA) is 35.0 Å². The molecule has 5 aromatic rings. The molecule has 4 heteroatoms. The van der Waals surface area contributed by atoms with Gasteiger partial charge in [-0.3, -0.25) is 4.98 Å². The zero-order valence-corrected chi connectivity index (χ0v) is 18.6. The lowest BCUT2D eigenvalue weighted by Crippen LogP contribution is -1.95. The molecule has 3 aromatic carbocycles. The Bertz CT molecular complexity index is 1340. The molecule has 0 fully saturated rings. The van der Waals surface area contributed by atoms with Gasteiger partial charge in [-0.25, -0.2) is 4.98 Å².